The number of nitrogens with one attached hydrogen (secondary N) is 1. The average molecular weight is 396 g/mol. The van der Waals surface area contributed by atoms with E-state index < -0.39 is 0 Å². The summed E-state index contributed by atoms with van der Waals surface area (Å²) < 4.78 is 1.84. The molecule has 2 aromatic rings. The van der Waals surface area contributed by atoms with E-state index in [-0.39, 0.29) is 5.91 Å². The molecule has 1 aliphatic heterocycles. The van der Waals surface area contributed by atoms with Crippen molar-refractivity contribution in [2.24, 2.45) is 7.05 Å². The Morgan fingerprint density at radius 3 is 2.62 bits per heavy atom. The van der Waals surface area contributed by atoms with Gasteiger partial charge in [-0.25, -0.2) is 9.97 Å². The van der Waals surface area contributed by atoms with E-state index in [2.05, 4.69) is 27.3 Å². The lowest BCUT2D eigenvalue weighted by Crippen LogP contribution is -2.47. The summed E-state index contributed by atoms with van der Waals surface area (Å²) in [4.78, 5) is 26.8. The van der Waals surface area contributed by atoms with Crippen LogP contribution in [0.4, 0.5) is 5.95 Å². The molecule has 8 heteroatoms. The number of hydrogen-bond donors (Lipinski definition) is 1. The van der Waals surface area contributed by atoms with Crippen molar-refractivity contribution in [1.29, 1.82) is 0 Å². The highest BCUT2D eigenvalue weighted by atomic mass is 16.2. The van der Waals surface area contributed by atoms with E-state index >= 15 is 0 Å². The van der Waals surface area contributed by atoms with Crippen molar-refractivity contribution in [2.75, 3.05) is 38.5 Å². The summed E-state index contributed by atoms with van der Waals surface area (Å²) in [6.45, 7) is 3.34. The Labute approximate surface area is 171 Å². The first-order valence-electron chi connectivity index (χ1n) is 10.8. The molecule has 1 saturated heterocycles. The molecule has 1 N–H and O–H groups in total. The molecular weight excluding hydrogens is 366 g/mol. The van der Waals surface area contributed by atoms with Gasteiger partial charge >= 0.3 is 0 Å². The fourth-order valence-electron chi connectivity index (χ4n) is 4.81. The van der Waals surface area contributed by atoms with E-state index in [0.29, 0.717) is 17.7 Å². The van der Waals surface area contributed by atoms with E-state index in [9.17, 15) is 4.79 Å². The number of anilines is 1. The van der Waals surface area contributed by atoms with Gasteiger partial charge in [0, 0.05) is 51.0 Å². The molecule has 0 atom stereocenters. The largest absolute Gasteiger partial charge is 0.351 e. The molecule has 154 valence electrons. The fraction of sp³-hybridized carbons (Fsp3) is 0.619. The standard InChI is InChI=1S/C21H29N7O/c1-26-9-11-28(12-10-26)20(29)18-16-8-7-14-13-22-21(23-15-5-3-4-6-15)24-17(14)19(16)27(2)25-18/h13,15H,3-12H2,1-2H3,(H,22,23,24). The van der Waals surface area contributed by atoms with Gasteiger partial charge in [0.25, 0.3) is 5.91 Å². The van der Waals surface area contributed by atoms with Gasteiger partial charge < -0.3 is 15.1 Å². The first-order chi connectivity index (χ1) is 14.1. The zero-order valence-corrected chi connectivity index (χ0v) is 17.3. The highest BCUT2D eigenvalue weighted by Crippen LogP contribution is 2.34. The number of carbonyl (C=O) groups excluding carboxylic acids is 1. The maximum absolute atomic E-state index is 13.2. The Hall–Kier alpha value is -2.48. The predicted octanol–water partition coefficient (Wildman–Crippen LogP) is 1.72. The number of aryl methyl sites for hydroxylation is 2. The van der Waals surface area contributed by atoms with Crippen LogP contribution in [0.15, 0.2) is 6.20 Å². The van der Waals surface area contributed by atoms with Gasteiger partial charge in [-0.05, 0) is 38.3 Å². The molecule has 3 aliphatic rings. The minimum atomic E-state index is 0.0526. The third kappa shape index (κ3) is 3.39. The fourth-order valence-corrected chi connectivity index (χ4v) is 4.81. The molecule has 1 saturated carbocycles. The second-order valence-electron chi connectivity index (χ2n) is 8.59. The first kappa shape index (κ1) is 18.5. The minimum Gasteiger partial charge on any atom is -0.351 e. The van der Waals surface area contributed by atoms with Crippen LogP contribution in [0.3, 0.4) is 0 Å². The third-order valence-corrected chi connectivity index (χ3v) is 6.56. The number of likely N-dealkylation sites (N-methyl/N-ethyl adjacent to an activating group) is 1. The Kier molecular flexibility index (Phi) is 4.73. The number of carbonyl (C=O) groups is 1. The van der Waals surface area contributed by atoms with Gasteiger partial charge in [0.2, 0.25) is 5.95 Å². The normalized spacial score (nSPS) is 19.9. The van der Waals surface area contributed by atoms with Gasteiger partial charge in [-0.15, -0.1) is 0 Å². The molecule has 8 nitrogen and oxygen atoms in total. The van der Waals surface area contributed by atoms with E-state index in [4.69, 9.17) is 4.98 Å². The van der Waals surface area contributed by atoms with Gasteiger partial charge in [-0.3, -0.25) is 9.48 Å². The summed E-state index contributed by atoms with van der Waals surface area (Å²) in [5.41, 5.74) is 4.67. The maximum atomic E-state index is 13.2. The zero-order chi connectivity index (χ0) is 20.0. The second-order valence-corrected chi connectivity index (χ2v) is 8.59. The Balaban J connectivity index is 1.46. The molecular formula is C21H29N7O. The lowest BCUT2D eigenvalue weighted by atomic mass is 9.93. The topological polar surface area (TPSA) is 79.2 Å². The number of fused-ring (bicyclic) bond motifs is 3. The number of nitrogens with zero attached hydrogens (tertiary/aromatic N) is 6. The van der Waals surface area contributed by atoms with Gasteiger partial charge in [0.05, 0.1) is 11.4 Å². The van der Waals surface area contributed by atoms with Crippen molar-refractivity contribution >= 4 is 11.9 Å². The molecule has 0 bridgehead atoms. The van der Waals surface area contributed by atoms with E-state index in [1.165, 1.54) is 25.7 Å². The van der Waals surface area contributed by atoms with Crippen molar-refractivity contribution in [3.8, 4) is 11.4 Å². The number of aromatic nitrogens is 4. The molecule has 5 rings (SSSR count). The van der Waals surface area contributed by atoms with Crippen LogP contribution in [0.2, 0.25) is 0 Å². The van der Waals surface area contributed by atoms with Gasteiger partial charge in [-0.2, -0.15) is 5.10 Å². The van der Waals surface area contributed by atoms with Gasteiger partial charge in [0.1, 0.15) is 0 Å². The molecule has 2 aromatic heterocycles. The van der Waals surface area contributed by atoms with Crippen LogP contribution >= 0.6 is 0 Å². The van der Waals surface area contributed by atoms with E-state index in [1.54, 1.807) is 0 Å². The quantitative estimate of drug-likeness (QED) is 0.853. The minimum absolute atomic E-state index is 0.0526. The van der Waals surface area contributed by atoms with E-state index in [1.807, 2.05) is 22.8 Å². The Morgan fingerprint density at radius 1 is 1.10 bits per heavy atom. The lowest BCUT2D eigenvalue weighted by molar-refractivity contribution is 0.0656. The molecule has 0 spiro atoms. The lowest BCUT2D eigenvalue weighted by Gasteiger charge is -2.32. The van der Waals surface area contributed by atoms with Crippen molar-refractivity contribution in [3.05, 3.63) is 23.0 Å². The Bertz CT molecular complexity index is 923. The smallest absolute Gasteiger partial charge is 0.274 e. The molecule has 1 amide bonds. The molecule has 0 radical (unpaired) electrons. The molecule has 2 aliphatic carbocycles. The van der Waals surface area contributed by atoms with Gasteiger partial charge in [0.15, 0.2) is 5.69 Å². The van der Waals surface area contributed by atoms with Crippen LogP contribution < -0.4 is 5.32 Å². The van der Waals surface area contributed by atoms with Crippen LogP contribution in [-0.4, -0.2) is 74.7 Å². The van der Waals surface area contributed by atoms with Crippen molar-refractivity contribution in [3.63, 3.8) is 0 Å². The predicted molar refractivity (Wildman–Crippen MR) is 111 cm³/mol. The molecule has 2 fully saturated rings. The zero-order valence-electron chi connectivity index (χ0n) is 17.3. The van der Waals surface area contributed by atoms with E-state index in [0.717, 1.165) is 61.5 Å². The summed E-state index contributed by atoms with van der Waals surface area (Å²) in [5.74, 6) is 0.744. The maximum Gasteiger partial charge on any atom is 0.274 e. The molecule has 0 aromatic carbocycles. The van der Waals surface area contributed by atoms with Crippen LogP contribution in [0.25, 0.3) is 11.4 Å². The van der Waals surface area contributed by atoms with Crippen LogP contribution in [-0.2, 0) is 19.9 Å². The average Bonchev–Trinajstić information content (AvgIpc) is 3.36. The summed E-state index contributed by atoms with van der Waals surface area (Å²) in [6.07, 6.45) is 8.50. The van der Waals surface area contributed by atoms with Crippen molar-refractivity contribution < 1.29 is 4.79 Å². The monoisotopic (exact) mass is 395 g/mol. The summed E-state index contributed by atoms with van der Waals surface area (Å²) >= 11 is 0. The van der Waals surface area contributed by atoms with Gasteiger partial charge in [-0.1, -0.05) is 12.8 Å². The number of hydrogen-bond acceptors (Lipinski definition) is 6. The second kappa shape index (κ2) is 7.40. The van der Waals surface area contributed by atoms with Crippen LogP contribution in [0.5, 0.6) is 0 Å². The highest BCUT2D eigenvalue weighted by Gasteiger charge is 2.32. The molecule has 29 heavy (non-hydrogen) atoms. The third-order valence-electron chi connectivity index (χ3n) is 6.56. The Morgan fingerprint density at radius 2 is 1.86 bits per heavy atom. The van der Waals surface area contributed by atoms with Crippen LogP contribution in [0.1, 0.15) is 47.3 Å². The number of amides is 1. The number of piperazine rings is 1. The van der Waals surface area contributed by atoms with Crippen LogP contribution in [0, 0.1) is 0 Å². The van der Waals surface area contributed by atoms with Crippen molar-refractivity contribution in [1.82, 2.24) is 29.5 Å². The summed E-state index contributed by atoms with van der Waals surface area (Å²) in [7, 11) is 4.01. The summed E-state index contributed by atoms with van der Waals surface area (Å²) in [6, 6.07) is 0.469. The summed E-state index contributed by atoms with van der Waals surface area (Å²) in [5, 5.41) is 8.14. The van der Waals surface area contributed by atoms with Crippen molar-refractivity contribution in [2.45, 2.75) is 44.6 Å². The number of rotatable bonds is 3. The molecule has 0 unspecified atom stereocenters. The molecule has 3 heterocycles. The SMILES string of the molecule is CN1CCN(C(=O)c2nn(C)c3c2CCc2cnc(NC4CCCC4)nc2-3)CC1. The highest BCUT2D eigenvalue weighted by molar-refractivity contribution is 5.96. The first-order valence-corrected chi connectivity index (χ1v) is 10.8.